The summed E-state index contributed by atoms with van der Waals surface area (Å²) >= 11 is 5.82. The standard InChI is InChI=1S/C25H28N2O4S/c1-28-20-11-13-23(30-3)19(14-20)17-27(16-18-8-6-5-7-9-18)25(32)26-22-12-10-21(29-2)15-24(22)31-4/h5-15H,16-17H2,1-4H3,(H,26,32). The third-order valence-electron chi connectivity index (χ3n) is 5.00. The zero-order chi connectivity index (χ0) is 22.9. The van der Waals surface area contributed by atoms with Crippen molar-refractivity contribution in [3.05, 3.63) is 77.9 Å². The zero-order valence-corrected chi connectivity index (χ0v) is 19.6. The Morgan fingerprint density at radius 3 is 2.06 bits per heavy atom. The Labute approximate surface area is 194 Å². The van der Waals surface area contributed by atoms with Gasteiger partial charge in [0.05, 0.1) is 34.1 Å². The monoisotopic (exact) mass is 452 g/mol. The van der Waals surface area contributed by atoms with Crippen LogP contribution in [-0.2, 0) is 13.1 Å². The highest BCUT2D eigenvalue weighted by atomic mass is 32.1. The largest absolute Gasteiger partial charge is 0.497 e. The minimum Gasteiger partial charge on any atom is -0.497 e. The molecule has 0 atom stereocenters. The average Bonchev–Trinajstić information content (AvgIpc) is 2.84. The average molecular weight is 453 g/mol. The summed E-state index contributed by atoms with van der Waals surface area (Å²) < 4.78 is 21.8. The van der Waals surface area contributed by atoms with Gasteiger partial charge in [-0.3, -0.25) is 0 Å². The Balaban J connectivity index is 1.90. The third-order valence-corrected chi connectivity index (χ3v) is 5.36. The number of thiocarbonyl (C=S) groups is 1. The predicted octanol–water partition coefficient (Wildman–Crippen LogP) is 5.12. The van der Waals surface area contributed by atoms with Gasteiger partial charge in [0.15, 0.2) is 5.11 Å². The normalized spacial score (nSPS) is 10.2. The maximum atomic E-state index is 5.82. The fourth-order valence-corrected chi connectivity index (χ4v) is 3.55. The summed E-state index contributed by atoms with van der Waals surface area (Å²) in [5.74, 6) is 2.88. The second-order valence-corrected chi connectivity index (χ2v) is 7.40. The summed E-state index contributed by atoms with van der Waals surface area (Å²) in [7, 11) is 6.54. The number of benzene rings is 3. The van der Waals surface area contributed by atoms with E-state index in [0.29, 0.717) is 29.7 Å². The zero-order valence-electron chi connectivity index (χ0n) is 18.8. The Kier molecular flexibility index (Phi) is 8.16. The summed E-state index contributed by atoms with van der Waals surface area (Å²) in [5, 5.41) is 3.88. The van der Waals surface area contributed by atoms with E-state index < -0.39 is 0 Å². The van der Waals surface area contributed by atoms with Gasteiger partial charge in [0.1, 0.15) is 23.0 Å². The highest BCUT2D eigenvalue weighted by Crippen LogP contribution is 2.30. The summed E-state index contributed by atoms with van der Waals surface area (Å²) in [5.41, 5.74) is 2.86. The van der Waals surface area contributed by atoms with Crippen molar-refractivity contribution in [2.45, 2.75) is 13.1 Å². The van der Waals surface area contributed by atoms with E-state index in [4.69, 9.17) is 31.2 Å². The SMILES string of the molecule is COc1ccc(OC)c(CN(Cc2ccccc2)C(=S)Nc2ccc(OC)cc2OC)c1. The second-order valence-electron chi connectivity index (χ2n) is 7.02. The van der Waals surface area contributed by atoms with Crippen LogP contribution in [0.15, 0.2) is 66.7 Å². The lowest BCUT2D eigenvalue weighted by molar-refractivity contribution is 0.372. The van der Waals surface area contributed by atoms with E-state index in [1.165, 1.54) is 0 Å². The Bertz CT molecular complexity index is 1040. The van der Waals surface area contributed by atoms with Crippen LogP contribution in [0.4, 0.5) is 5.69 Å². The molecule has 0 amide bonds. The quantitative estimate of drug-likeness (QED) is 0.452. The molecule has 1 N–H and O–H groups in total. The van der Waals surface area contributed by atoms with E-state index in [-0.39, 0.29) is 0 Å². The van der Waals surface area contributed by atoms with Gasteiger partial charge in [0.25, 0.3) is 0 Å². The van der Waals surface area contributed by atoms with Crippen molar-refractivity contribution in [3.63, 3.8) is 0 Å². The van der Waals surface area contributed by atoms with E-state index in [2.05, 4.69) is 22.3 Å². The van der Waals surface area contributed by atoms with Crippen molar-refractivity contribution in [2.75, 3.05) is 33.8 Å². The number of methoxy groups -OCH3 is 4. The molecule has 0 radical (unpaired) electrons. The van der Waals surface area contributed by atoms with E-state index in [9.17, 15) is 0 Å². The minimum absolute atomic E-state index is 0.527. The van der Waals surface area contributed by atoms with Crippen LogP contribution >= 0.6 is 12.2 Å². The first-order chi connectivity index (χ1) is 15.6. The molecule has 0 bridgehead atoms. The molecule has 6 nitrogen and oxygen atoms in total. The highest BCUT2D eigenvalue weighted by Gasteiger charge is 2.17. The molecular formula is C25H28N2O4S. The first kappa shape index (κ1) is 23.2. The molecule has 3 rings (SSSR count). The number of ether oxygens (including phenoxy) is 4. The van der Waals surface area contributed by atoms with Gasteiger partial charge in [-0.25, -0.2) is 0 Å². The Morgan fingerprint density at radius 2 is 1.41 bits per heavy atom. The van der Waals surface area contributed by atoms with Crippen molar-refractivity contribution < 1.29 is 18.9 Å². The Hall–Kier alpha value is -3.45. The molecule has 0 aliphatic carbocycles. The number of hydrogen-bond donors (Lipinski definition) is 1. The second kappa shape index (κ2) is 11.2. The van der Waals surface area contributed by atoms with Crippen LogP contribution in [0.25, 0.3) is 0 Å². The topological polar surface area (TPSA) is 52.2 Å². The van der Waals surface area contributed by atoms with Gasteiger partial charge >= 0.3 is 0 Å². The molecule has 168 valence electrons. The summed E-state index contributed by atoms with van der Waals surface area (Å²) in [6, 6.07) is 21.5. The molecule has 0 spiro atoms. The van der Waals surface area contributed by atoms with Gasteiger partial charge in [-0.05, 0) is 48.1 Å². The van der Waals surface area contributed by atoms with Gasteiger partial charge in [-0.2, -0.15) is 0 Å². The van der Waals surface area contributed by atoms with Crippen LogP contribution < -0.4 is 24.3 Å². The van der Waals surface area contributed by atoms with Crippen LogP contribution in [-0.4, -0.2) is 38.5 Å². The van der Waals surface area contributed by atoms with E-state index in [0.717, 1.165) is 28.3 Å². The lowest BCUT2D eigenvalue weighted by Gasteiger charge is -2.27. The molecule has 0 heterocycles. The predicted molar refractivity (Wildman–Crippen MR) is 131 cm³/mol. The molecule has 0 saturated carbocycles. The molecule has 0 aliphatic heterocycles. The number of rotatable bonds is 9. The van der Waals surface area contributed by atoms with Crippen molar-refractivity contribution in [1.29, 1.82) is 0 Å². The molecule has 32 heavy (non-hydrogen) atoms. The minimum atomic E-state index is 0.527. The van der Waals surface area contributed by atoms with E-state index in [1.54, 1.807) is 28.4 Å². The summed E-state index contributed by atoms with van der Waals surface area (Å²) in [6.07, 6.45) is 0. The van der Waals surface area contributed by atoms with Gasteiger partial charge < -0.3 is 29.2 Å². The summed E-state index contributed by atoms with van der Waals surface area (Å²) in [4.78, 5) is 2.08. The van der Waals surface area contributed by atoms with E-state index >= 15 is 0 Å². The van der Waals surface area contributed by atoms with Crippen LogP contribution in [0.1, 0.15) is 11.1 Å². The van der Waals surface area contributed by atoms with Crippen molar-refractivity contribution >= 4 is 23.0 Å². The summed E-state index contributed by atoms with van der Waals surface area (Å²) in [6.45, 7) is 1.14. The molecule has 3 aromatic carbocycles. The molecule has 0 saturated heterocycles. The molecular weight excluding hydrogens is 424 g/mol. The molecule has 7 heteroatoms. The number of nitrogens with one attached hydrogen (secondary N) is 1. The van der Waals surface area contributed by atoms with Crippen LogP contribution in [0, 0.1) is 0 Å². The van der Waals surface area contributed by atoms with Crippen LogP contribution in [0.5, 0.6) is 23.0 Å². The molecule has 0 aromatic heterocycles. The van der Waals surface area contributed by atoms with Crippen molar-refractivity contribution in [3.8, 4) is 23.0 Å². The molecule has 0 unspecified atom stereocenters. The molecule has 3 aromatic rings. The lowest BCUT2D eigenvalue weighted by Crippen LogP contribution is -2.34. The smallest absolute Gasteiger partial charge is 0.174 e. The number of anilines is 1. The van der Waals surface area contributed by atoms with Crippen molar-refractivity contribution in [1.82, 2.24) is 4.90 Å². The maximum Gasteiger partial charge on any atom is 0.174 e. The fraction of sp³-hybridized carbons (Fsp3) is 0.240. The maximum absolute atomic E-state index is 5.82. The lowest BCUT2D eigenvalue weighted by atomic mass is 10.1. The number of hydrogen-bond acceptors (Lipinski definition) is 5. The van der Waals surface area contributed by atoms with Gasteiger partial charge in [-0.1, -0.05) is 30.3 Å². The van der Waals surface area contributed by atoms with E-state index in [1.807, 2.05) is 54.6 Å². The first-order valence-corrected chi connectivity index (χ1v) is 10.5. The number of nitrogens with zero attached hydrogens (tertiary/aromatic N) is 1. The Morgan fingerprint density at radius 1 is 0.750 bits per heavy atom. The molecule has 0 fully saturated rings. The fourth-order valence-electron chi connectivity index (χ4n) is 3.31. The third kappa shape index (κ3) is 5.82. The van der Waals surface area contributed by atoms with Gasteiger partial charge in [-0.15, -0.1) is 0 Å². The highest BCUT2D eigenvalue weighted by molar-refractivity contribution is 7.80. The molecule has 0 aliphatic rings. The van der Waals surface area contributed by atoms with Gasteiger partial charge in [0, 0.05) is 24.7 Å². The van der Waals surface area contributed by atoms with Crippen molar-refractivity contribution in [2.24, 2.45) is 0 Å². The van der Waals surface area contributed by atoms with Gasteiger partial charge in [0.2, 0.25) is 0 Å². The first-order valence-electron chi connectivity index (χ1n) is 10.1. The van der Waals surface area contributed by atoms with Crippen LogP contribution in [0.3, 0.4) is 0 Å². The van der Waals surface area contributed by atoms with Crippen LogP contribution in [0.2, 0.25) is 0 Å².